The summed E-state index contributed by atoms with van der Waals surface area (Å²) >= 11 is 0. The Morgan fingerprint density at radius 2 is 2.00 bits per heavy atom. The molecule has 138 valence electrons. The van der Waals surface area contributed by atoms with E-state index in [0.29, 0.717) is 26.0 Å². The van der Waals surface area contributed by atoms with Gasteiger partial charge in [-0.1, -0.05) is 18.2 Å². The van der Waals surface area contributed by atoms with Crippen LogP contribution in [0.25, 0.3) is 0 Å². The molecule has 1 saturated heterocycles. The Balaban J connectivity index is 1.71. The molecule has 0 N–H and O–H groups in total. The van der Waals surface area contributed by atoms with Crippen LogP contribution in [0.2, 0.25) is 0 Å². The van der Waals surface area contributed by atoms with Crippen LogP contribution in [0, 0.1) is 0 Å². The molecule has 1 unspecified atom stereocenters. The average molecular weight is 365 g/mol. The van der Waals surface area contributed by atoms with Crippen LogP contribution < -0.4 is 0 Å². The molecule has 0 bridgehead atoms. The molecule has 0 aromatic heterocycles. The molecule has 3 rings (SSSR count). The SMILES string of the molecule is COCCN(C(=O)Cc1ccc2c(c1)CCCC2)C1CCS(=O)(=O)C1. The molecule has 5 nitrogen and oxygen atoms in total. The molecule has 0 radical (unpaired) electrons. The van der Waals surface area contributed by atoms with Crippen LogP contribution in [-0.2, 0) is 38.6 Å². The molecular formula is C19H27NO4S. The third kappa shape index (κ3) is 4.61. The molecule has 1 heterocycles. The Labute approximate surface area is 150 Å². The largest absolute Gasteiger partial charge is 0.383 e. The molecule has 6 heteroatoms. The van der Waals surface area contributed by atoms with Gasteiger partial charge in [0.15, 0.2) is 9.84 Å². The number of sulfone groups is 1. The van der Waals surface area contributed by atoms with E-state index in [9.17, 15) is 13.2 Å². The van der Waals surface area contributed by atoms with E-state index in [-0.39, 0.29) is 23.5 Å². The smallest absolute Gasteiger partial charge is 0.227 e. The Morgan fingerprint density at radius 1 is 1.24 bits per heavy atom. The zero-order valence-corrected chi connectivity index (χ0v) is 15.7. The van der Waals surface area contributed by atoms with Gasteiger partial charge in [-0.05, 0) is 48.8 Å². The number of amides is 1. The van der Waals surface area contributed by atoms with E-state index < -0.39 is 9.84 Å². The summed E-state index contributed by atoms with van der Waals surface area (Å²) in [5, 5.41) is 0. The summed E-state index contributed by atoms with van der Waals surface area (Å²) in [5.41, 5.74) is 3.79. The van der Waals surface area contributed by atoms with Crippen LogP contribution in [0.1, 0.15) is 36.0 Å². The maximum Gasteiger partial charge on any atom is 0.227 e. The highest BCUT2D eigenvalue weighted by Crippen LogP contribution is 2.23. The van der Waals surface area contributed by atoms with Crippen LogP contribution in [0.3, 0.4) is 0 Å². The summed E-state index contributed by atoms with van der Waals surface area (Å²) in [4.78, 5) is 14.6. The van der Waals surface area contributed by atoms with E-state index >= 15 is 0 Å². The summed E-state index contributed by atoms with van der Waals surface area (Å²) in [6.45, 7) is 0.868. The second kappa shape index (κ2) is 7.87. The molecule has 1 aliphatic carbocycles. The second-order valence-corrected chi connectivity index (χ2v) is 9.35. The molecule has 0 saturated carbocycles. The van der Waals surface area contributed by atoms with Crippen molar-refractivity contribution in [2.24, 2.45) is 0 Å². The first-order chi connectivity index (χ1) is 12.0. The average Bonchev–Trinajstić information content (AvgIpc) is 2.95. The first-order valence-electron chi connectivity index (χ1n) is 9.08. The Kier molecular flexibility index (Phi) is 5.79. The van der Waals surface area contributed by atoms with Gasteiger partial charge in [-0.3, -0.25) is 4.79 Å². The van der Waals surface area contributed by atoms with Gasteiger partial charge in [0.25, 0.3) is 0 Å². The fourth-order valence-corrected chi connectivity index (χ4v) is 5.63. The number of aryl methyl sites for hydroxylation is 2. The van der Waals surface area contributed by atoms with Gasteiger partial charge in [-0.15, -0.1) is 0 Å². The van der Waals surface area contributed by atoms with E-state index in [0.717, 1.165) is 18.4 Å². The summed E-state index contributed by atoms with van der Waals surface area (Å²) in [5.74, 6) is 0.245. The van der Waals surface area contributed by atoms with Crippen LogP contribution in [-0.4, -0.2) is 57.0 Å². The predicted molar refractivity (Wildman–Crippen MR) is 97.4 cm³/mol. The molecule has 0 spiro atoms. The third-order valence-corrected chi connectivity index (χ3v) is 7.02. The summed E-state index contributed by atoms with van der Waals surface area (Å²) in [7, 11) is -1.42. The fraction of sp³-hybridized carbons (Fsp3) is 0.632. The number of rotatable bonds is 6. The summed E-state index contributed by atoms with van der Waals surface area (Å²) < 4.78 is 28.7. The van der Waals surface area contributed by atoms with Crippen molar-refractivity contribution in [1.29, 1.82) is 0 Å². The number of hydrogen-bond acceptors (Lipinski definition) is 4. The second-order valence-electron chi connectivity index (χ2n) is 7.12. The molecule has 1 atom stereocenters. The Morgan fingerprint density at radius 3 is 2.68 bits per heavy atom. The lowest BCUT2D eigenvalue weighted by atomic mass is 9.90. The van der Waals surface area contributed by atoms with Gasteiger partial charge in [-0.2, -0.15) is 0 Å². The van der Waals surface area contributed by atoms with E-state index in [1.165, 1.54) is 24.0 Å². The number of hydrogen-bond donors (Lipinski definition) is 0. The van der Waals surface area contributed by atoms with E-state index in [2.05, 4.69) is 12.1 Å². The molecule has 25 heavy (non-hydrogen) atoms. The van der Waals surface area contributed by atoms with Gasteiger partial charge >= 0.3 is 0 Å². The lowest BCUT2D eigenvalue weighted by molar-refractivity contribution is -0.133. The van der Waals surface area contributed by atoms with E-state index in [1.807, 2.05) is 6.07 Å². The van der Waals surface area contributed by atoms with Gasteiger partial charge in [0, 0.05) is 19.7 Å². The topological polar surface area (TPSA) is 63.7 Å². The zero-order valence-electron chi connectivity index (χ0n) is 14.9. The standard InChI is InChI=1S/C19H27NO4S/c1-24-10-9-20(18-8-11-25(22,23)14-18)19(21)13-15-6-7-16-4-2-3-5-17(16)12-15/h6-7,12,18H,2-5,8-11,13-14H2,1H3. The van der Waals surface area contributed by atoms with Crippen LogP contribution >= 0.6 is 0 Å². The van der Waals surface area contributed by atoms with Crippen LogP contribution in [0.5, 0.6) is 0 Å². The molecule has 2 aliphatic rings. The van der Waals surface area contributed by atoms with Crippen molar-refractivity contribution < 1.29 is 17.9 Å². The van der Waals surface area contributed by atoms with Gasteiger partial charge in [-0.25, -0.2) is 8.42 Å². The predicted octanol–water partition coefficient (Wildman–Crippen LogP) is 1.77. The number of benzene rings is 1. The van der Waals surface area contributed by atoms with Crippen molar-refractivity contribution in [2.45, 2.75) is 44.6 Å². The minimum Gasteiger partial charge on any atom is -0.383 e. The van der Waals surface area contributed by atoms with Crippen molar-refractivity contribution in [1.82, 2.24) is 4.90 Å². The van der Waals surface area contributed by atoms with Crippen LogP contribution in [0.15, 0.2) is 18.2 Å². The van der Waals surface area contributed by atoms with Gasteiger partial charge in [0.1, 0.15) is 0 Å². The lowest BCUT2D eigenvalue weighted by Gasteiger charge is -2.28. The minimum absolute atomic E-state index is 0.00471. The molecular weight excluding hydrogens is 338 g/mol. The molecule has 1 aromatic carbocycles. The summed E-state index contributed by atoms with van der Waals surface area (Å²) in [6, 6.07) is 6.13. The van der Waals surface area contributed by atoms with Crippen molar-refractivity contribution in [2.75, 3.05) is 31.8 Å². The molecule has 1 aliphatic heterocycles. The van der Waals surface area contributed by atoms with Gasteiger partial charge < -0.3 is 9.64 Å². The summed E-state index contributed by atoms with van der Waals surface area (Å²) in [6.07, 6.45) is 5.53. The first kappa shape index (κ1) is 18.4. The van der Waals surface area contributed by atoms with Crippen molar-refractivity contribution >= 4 is 15.7 Å². The van der Waals surface area contributed by atoms with Crippen molar-refractivity contribution in [3.63, 3.8) is 0 Å². The normalized spacial score (nSPS) is 21.7. The number of carbonyl (C=O) groups is 1. The number of methoxy groups -OCH3 is 1. The molecule has 1 amide bonds. The lowest BCUT2D eigenvalue weighted by Crippen LogP contribution is -2.43. The Hall–Kier alpha value is -1.40. The highest BCUT2D eigenvalue weighted by molar-refractivity contribution is 7.91. The maximum absolute atomic E-state index is 12.9. The highest BCUT2D eigenvalue weighted by atomic mass is 32.2. The van der Waals surface area contributed by atoms with Gasteiger partial charge in [0.2, 0.25) is 5.91 Å². The number of ether oxygens (including phenoxy) is 1. The molecule has 1 aromatic rings. The molecule has 1 fully saturated rings. The quantitative estimate of drug-likeness (QED) is 0.771. The maximum atomic E-state index is 12.9. The number of fused-ring (bicyclic) bond motifs is 1. The first-order valence-corrected chi connectivity index (χ1v) is 10.9. The Bertz CT molecular complexity index is 729. The number of nitrogens with zero attached hydrogens (tertiary/aromatic N) is 1. The third-order valence-electron chi connectivity index (χ3n) is 5.27. The minimum atomic E-state index is -3.02. The van der Waals surface area contributed by atoms with Gasteiger partial charge in [0.05, 0.1) is 24.5 Å². The van der Waals surface area contributed by atoms with E-state index in [1.54, 1.807) is 12.0 Å². The van der Waals surface area contributed by atoms with Crippen LogP contribution in [0.4, 0.5) is 0 Å². The fourth-order valence-electron chi connectivity index (χ4n) is 3.89. The number of carbonyl (C=O) groups excluding carboxylic acids is 1. The van der Waals surface area contributed by atoms with Crippen molar-refractivity contribution in [3.05, 3.63) is 34.9 Å². The van der Waals surface area contributed by atoms with Crippen molar-refractivity contribution in [3.8, 4) is 0 Å². The zero-order chi connectivity index (χ0) is 17.9. The van der Waals surface area contributed by atoms with E-state index in [4.69, 9.17) is 4.74 Å². The monoisotopic (exact) mass is 365 g/mol. The highest BCUT2D eigenvalue weighted by Gasteiger charge is 2.34.